The molecule has 1 amide bonds. The summed E-state index contributed by atoms with van der Waals surface area (Å²) in [5.74, 6) is 0.339. The number of carbonyl (C=O) groups excluding carboxylic acids is 2. The topological polar surface area (TPSA) is 86.2 Å². The van der Waals surface area contributed by atoms with E-state index >= 15 is 0 Å². The molecule has 0 aromatic heterocycles. The van der Waals surface area contributed by atoms with Crippen molar-refractivity contribution in [2.24, 2.45) is 5.10 Å². The van der Waals surface area contributed by atoms with Crippen LogP contribution in [0.5, 0.6) is 11.5 Å². The minimum atomic E-state index is -0.467. The summed E-state index contributed by atoms with van der Waals surface area (Å²) < 4.78 is 16.6. The molecule has 0 atom stereocenters. The Bertz CT molecular complexity index is 925. The predicted octanol–water partition coefficient (Wildman–Crippen LogP) is 4.69. The van der Waals surface area contributed by atoms with E-state index in [2.05, 4.69) is 26.5 Å². The highest BCUT2D eigenvalue weighted by Crippen LogP contribution is 2.33. The Labute approximate surface area is 198 Å². The largest absolute Gasteiger partial charge is 0.490 e. The standard InChI is InChI=1S/C21H22BrClN2O5S/c1-3-28-18-9-14(17(22)10-19(18)30-12-21(27)29-4-2)11-24-25-20(26)13-31-16-7-5-15(23)6-8-16/h5-11H,3-4,12-13H2,1-2H3,(H,25,26)/b24-11-. The molecule has 0 aliphatic rings. The van der Waals surface area contributed by atoms with Gasteiger partial charge < -0.3 is 14.2 Å². The second-order valence-corrected chi connectivity index (χ2v) is 8.22. The van der Waals surface area contributed by atoms with Crippen LogP contribution in [0.25, 0.3) is 0 Å². The van der Waals surface area contributed by atoms with E-state index in [0.717, 1.165) is 4.90 Å². The molecule has 0 aliphatic carbocycles. The van der Waals surface area contributed by atoms with Gasteiger partial charge in [-0.15, -0.1) is 11.8 Å². The fourth-order valence-corrected chi connectivity index (χ4v) is 3.50. The molecule has 0 aliphatic heterocycles. The van der Waals surface area contributed by atoms with Crippen molar-refractivity contribution in [3.05, 3.63) is 51.5 Å². The van der Waals surface area contributed by atoms with E-state index in [1.165, 1.54) is 18.0 Å². The number of amides is 1. The average molecular weight is 530 g/mol. The van der Waals surface area contributed by atoms with Crippen LogP contribution in [0.15, 0.2) is 50.9 Å². The zero-order chi connectivity index (χ0) is 22.6. The fourth-order valence-electron chi connectivity index (χ4n) is 2.26. The molecule has 2 aromatic rings. The van der Waals surface area contributed by atoms with Gasteiger partial charge in [0.25, 0.3) is 0 Å². The van der Waals surface area contributed by atoms with E-state index in [-0.39, 0.29) is 24.9 Å². The van der Waals surface area contributed by atoms with Gasteiger partial charge >= 0.3 is 5.97 Å². The van der Waals surface area contributed by atoms with Crippen LogP contribution >= 0.6 is 39.3 Å². The van der Waals surface area contributed by atoms with Gasteiger partial charge in [-0.1, -0.05) is 11.6 Å². The molecule has 0 unspecified atom stereocenters. The normalized spacial score (nSPS) is 10.7. The molecule has 0 radical (unpaired) electrons. The highest BCUT2D eigenvalue weighted by Gasteiger charge is 2.12. The first-order valence-corrected chi connectivity index (χ1v) is 11.5. The number of esters is 1. The van der Waals surface area contributed by atoms with Gasteiger partial charge in [0, 0.05) is 20.0 Å². The SMILES string of the molecule is CCOC(=O)COc1cc(Br)c(/C=N\NC(=O)CSc2ccc(Cl)cc2)cc1OCC. The summed E-state index contributed by atoms with van der Waals surface area (Å²) in [6, 6.07) is 10.6. The summed E-state index contributed by atoms with van der Waals surface area (Å²) in [5, 5.41) is 4.64. The summed E-state index contributed by atoms with van der Waals surface area (Å²) in [6.07, 6.45) is 1.49. The average Bonchev–Trinajstić information content (AvgIpc) is 2.74. The molecule has 0 spiro atoms. The fraction of sp³-hybridized carbons (Fsp3) is 0.286. The molecule has 0 saturated carbocycles. The number of thioether (sulfide) groups is 1. The van der Waals surface area contributed by atoms with Crippen molar-refractivity contribution in [1.29, 1.82) is 0 Å². The number of benzene rings is 2. The van der Waals surface area contributed by atoms with Crippen LogP contribution in [0.1, 0.15) is 19.4 Å². The van der Waals surface area contributed by atoms with E-state index in [1.807, 2.05) is 19.1 Å². The maximum Gasteiger partial charge on any atom is 0.344 e. The smallest absolute Gasteiger partial charge is 0.344 e. The molecule has 0 saturated heterocycles. The zero-order valence-corrected chi connectivity index (χ0v) is 20.2. The lowest BCUT2D eigenvalue weighted by atomic mass is 10.2. The Hall–Kier alpha value is -2.23. The minimum absolute atomic E-state index is 0.213. The van der Waals surface area contributed by atoms with Gasteiger partial charge in [-0.05, 0) is 66.2 Å². The highest BCUT2D eigenvalue weighted by atomic mass is 79.9. The molecule has 2 rings (SSSR count). The Morgan fingerprint density at radius 2 is 1.84 bits per heavy atom. The summed E-state index contributed by atoms with van der Waals surface area (Å²) >= 11 is 10.7. The molecular weight excluding hydrogens is 508 g/mol. The van der Waals surface area contributed by atoms with Crippen molar-refractivity contribution in [2.45, 2.75) is 18.7 Å². The van der Waals surface area contributed by atoms with Crippen LogP contribution in [-0.2, 0) is 14.3 Å². The van der Waals surface area contributed by atoms with Crippen molar-refractivity contribution in [3.8, 4) is 11.5 Å². The summed E-state index contributed by atoms with van der Waals surface area (Å²) in [7, 11) is 0. The number of rotatable bonds is 11. The minimum Gasteiger partial charge on any atom is -0.490 e. The molecule has 7 nitrogen and oxygen atoms in total. The molecule has 10 heteroatoms. The van der Waals surface area contributed by atoms with E-state index in [4.69, 9.17) is 25.8 Å². The highest BCUT2D eigenvalue weighted by molar-refractivity contribution is 9.10. The van der Waals surface area contributed by atoms with Crippen LogP contribution in [-0.4, -0.2) is 43.7 Å². The van der Waals surface area contributed by atoms with Crippen molar-refractivity contribution in [1.82, 2.24) is 5.43 Å². The number of ether oxygens (including phenoxy) is 3. The van der Waals surface area contributed by atoms with E-state index < -0.39 is 5.97 Å². The lowest BCUT2D eigenvalue weighted by Crippen LogP contribution is -2.19. The zero-order valence-electron chi connectivity index (χ0n) is 17.0. The van der Waals surface area contributed by atoms with Crippen LogP contribution in [0, 0.1) is 0 Å². The number of nitrogens with zero attached hydrogens (tertiary/aromatic N) is 1. The van der Waals surface area contributed by atoms with Crippen LogP contribution < -0.4 is 14.9 Å². The van der Waals surface area contributed by atoms with Gasteiger partial charge in [-0.2, -0.15) is 5.10 Å². The summed E-state index contributed by atoms with van der Waals surface area (Å²) in [5.41, 5.74) is 3.15. The molecule has 2 aromatic carbocycles. The molecule has 0 bridgehead atoms. The second-order valence-electron chi connectivity index (χ2n) is 5.88. The summed E-state index contributed by atoms with van der Waals surface area (Å²) in [6.45, 7) is 4.03. The summed E-state index contributed by atoms with van der Waals surface area (Å²) in [4.78, 5) is 24.5. The van der Waals surface area contributed by atoms with Gasteiger partial charge in [-0.25, -0.2) is 10.2 Å². The van der Waals surface area contributed by atoms with Crippen molar-refractivity contribution in [2.75, 3.05) is 25.6 Å². The second kappa shape index (κ2) is 13.2. The number of carbonyl (C=O) groups is 2. The lowest BCUT2D eigenvalue weighted by molar-refractivity contribution is -0.145. The molecule has 0 fully saturated rings. The van der Waals surface area contributed by atoms with Crippen LogP contribution in [0.3, 0.4) is 0 Å². The first-order valence-electron chi connectivity index (χ1n) is 9.38. The maximum atomic E-state index is 12.0. The molecule has 1 N–H and O–H groups in total. The Morgan fingerprint density at radius 1 is 1.13 bits per heavy atom. The maximum absolute atomic E-state index is 12.0. The lowest BCUT2D eigenvalue weighted by Gasteiger charge is -2.13. The van der Waals surface area contributed by atoms with E-state index in [1.54, 1.807) is 31.2 Å². The van der Waals surface area contributed by atoms with Crippen LogP contribution in [0.4, 0.5) is 0 Å². The number of nitrogens with one attached hydrogen (secondary N) is 1. The number of hydrazone groups is 1. The first kappa shape index (κ1) is 25.0. The third-order valence-corrected chi connectivity index (χ3v) is 5.54. The van der Waals surface area contributed by atoms with Gasteiger partial charge in [0.05, 0.1) is 25.2 Å². The monoisotopic (exact) mass is 528 g/mol. The molecule has 31 heavy (non-hydrogen) atoms. The number of hydrogen-bond acceptors (Lipinski definition) is 7. The molecule has 166 valence electrons. The Balaban J connectivity index is 1.96. The third-order valence-electron chi connectivity index (χ3n) is 3.59. The van der Waals surface area contributed by atoms with Crippen molar-refractivity contribution >= 4 is 57.4 Å². The van der Waals surface area contributed by atoms with Gasteiger partial charge in [0.15, 0.2) is 18.1 Å². The third kappa shape index (κ3) is 8.80. The predicted molar refractivity (Wildman–Crippen MR) is 125 cm³/mol. The van der Waals surface area contributed by atoms with E-state index in [0.29, 0.717) is 33.2 Å². The Morgan fingerprint density at radius 3 is 2.52 bits per heavy atom. The Kier molecular flexibility index (Phi) is 10.7. The number of hydrogen-bond donors (Lipinski definition) is 1. The van der Waals surface area contributed by atoms with Crippen LogP contribution in [0.2, 0.25) is 5.02 Å². The van der Waals surface area contributed by atoms with Gasteiger partial charge in [0.1, 0.15) is 0 Å². The van der Waals surface area contributed by atoms with Crippen molar-refractivity contribution < 1.29 is 23.8 Å². The van der Waals surface area contributed by atoms with E-state index in [9.17, 15) is 9.59 Å². The van der Waals surface area contributed by atoms with Gasteiger partial charge in [0.2, 0.25) is 5.91 Å². The molecule has 0 heterocycles. The quantitative estimate of drug-likeness (QED) is 0.197. The van der Waals surface area contributed by atoms with Crippen molar-refractivity contribution in [3.63, 3.8) is 0 Å². The first-order chi connectivity index (χ1) is 14.9. The van der Waals surface area contributed by atoms with Gasteiger partial charge in [-0.3, -0.25) is 4.79 Å². The number of halogens is 2. The molecular formula is C21H22BrClN2O5S.